The van der Waals surface area contributed by atoms with Gasteiger partial charge in [0.15, 0.2) is 0 Å². The van der Waals surface area contributed by atoms with Crippen molar-refractivity contribution in [2.45, 2.75) is 18.6 Å². The van der Waals surface area contributed by atoms with Crippen LogP contribution in [0.3, 0.4) is 0 Å². The van der Waals surface area contributed by atoms with Gasteiger partial charge in [-0.1, -0.05) is 36.4 Å². The molecule has 1 aliphatic heterocycles. The number of methoxy groups -OCH3 is 1. The smallest absolute Gasteiger partial charge is 0.254 e. The van der Waals surface area contributed by atoms with Crippen LogP contribution >= 0.6 is 0 Å². The van der Waals surface area contributed by atoms with Crippen molar-refractivity contribution in [3.63, 3.8) is 0 Å². The monoisotopic (exact) mass is 338 g/mol. The third-order valence-corrected chi connectivity index (χ3v) is 6.04. The molecule has 4 nitrogen and oxygen atoms in total. The van der Waals surface area contributed by atoms with Crippen LogP contribution in [-0.4, -0.2) is 55.6 Å². The lowest BCUT2D eigenvalue weighted by molar-refractivity contribution is 0.0489. The summed E-state index contributed by atoms with van der Waals surface area (Å²) in [5.41, 5.74) is 2.14. The second-order valence-corrected chi connectivity index (χ2v) is 7.57. The van der Waals surface area contributed by atoms with Crippen molar-refractivity contribution in [1.29, 1.82) is 0 Å². The minimum Gasteiger partial charge on any atom is -0.381 e. The molecule has 4 heteroatoms. The quantitative estimate of drug-likeness (QED) is 0.795. The highest BCUT2D eigenvalue weighted by molar-refractivity contribution is 5.94. The molecule has 1 heterocycles. The molecule has 1 amide bonds. The molecule has 132 valence electrons. The van der Waals surface area contributed by atoms with Gasteiger partial charge in [-0.05, 0) is 30.4 Å². The highest BCUT2D eigenvalue weighted by atomic mass is 16.5. The molecular weight excluding hydrogens is 312 g/mol. The molecule has 0 N–H and O–H groups in total. The fourth-order valence-corrected chi connectivity index (χ4v) is 4.83. The first-order valence-corrected chi connectivity index (χ1v) is 9.05. The third kappa shape index (κ3) is 2.69. The zero-order chi connectivity index (χ0) is 17.6. The number of hydrogen-bond donors (Lipinski definition) is 0. The number of rotatable bonds is 3. The van der Waals surface area contributed by atoms with Crippen LogP contribution in [-0.2, 0) is 4.74 Å². The molecule has 0 aromatic heterocycles. The number of amides is 1. The van der Waals surface area contributed by atoms with E-state index in [0.717, 1.165) is 18.5 Å². The van der Waals surface area contributed by atoms with E-state index < -0.39 is 0 Å². The lowest BCUT2D eigenvalue weighted by Gasteiger charge is -2.41. The van der Waals surface area contributed by atoms with Gasteiger partial charge in [-0.15, -0.1) is 0 Å². The third-order valence-electron chi connectivity index (χ3n) is 6.04. The van der Waals surface area contributed by atoms with E-state index in [1.54, 1.807) is 7.11 Å². The fraction of sp³-hybridized carbons (Fsp3) is 0.476. The summed E-state index contributed by atoms with van der Waals surface area (Å²) in [6.45, 7) is 0.825. The van der Waals surface area contributed by atoms with Crippen LogP contribution in [0.1, 0.15) is 16.8 Å². The zero-order valence-electron chi connectivity index (χ0n) is 15.1. The Morgan fingerprint density at radius 1 is 1.20 bits per heavy atom. The summed E-state index contributed by atoms with van der Waals surface area (Å²) >= 11 is 0. The van der Waals surface area contributed by atoms with Gasteiger partial charge in [-0.2, -0.15) is 0 Å². The standard InChI is InChI=1S/C21H26N2O2/c1-22(2)16-11-15-13-23(21(24)14-7-5-4-6-8-14)18-9-10-19(25-3)17(12-16)20(15)18/h4-10,12,15,17-20H,11,13H2,1-3H3. The van der Waals surface area contributed by atoms with Crippen molar-refractivity contribution in [1.82, 2.24) is 9.80 Å². The maximum Gasteiger partial charge on any atom is 0.254 e. The molecule has 0 saturated carbocycles. The van der Waals surface area contributed by atoms with E-state index in [-0.39, 0.29) is 18.1 Å². The van der Waals surface area contributed by atoms with Gasteiger partial charge in [0, 0.05) is 44.9 Å². The van der Waals surface area contributed by atoms with E-state index in [9.17, 15) is 4.79 Å². The Bertz CT molecular complexity index is 710. The summed E-state index contributed by atoms with van der Waals surface area (Å²) in [7, 11) is 5.99. The lowest BCUT2D eigenvalue weighted by Crippen LogP contribution is -2.45. The van der Waals surface area contributed by atoms with Crippen molar-refractivity contribution < 1.29 is 9.53 Å². The molecule has 25 heavy (non-hydrogen) atoms. The van der Waals surface area contributed by atoms with Gasteiger partial charge < -0.3 is 14.5 Å². The Morgan fingerprint density at radius 3 is 2.64 bits per heavy atom. The van der Waals surface area contributed by atoms with E-state index in [1.165, 1.54) is 5.70 Å². The SMILES string of the molecule is COC1C=CC2C3C(CC(N(C)C)=CC13)CN2C(=O)c1ccccc1. The first-order valence-electron chi connectivity index (χ1n) is 9.05. The van der Waals surface area contributed by atoms with Gasteiger partial charge in [-0.25, -0.2) is 0 Å². The Balaban J connectivity index is 1.68. The zero-order valence-corrected chi connectivity index (χ0v) is 15.1. The van der Waals surface area contributed by atoms with Gasteiger partial charge in [0.05, 0.1) is 12.1 Å². The number of carbonyl (C=O) groups excluding carboxylic acids is 1. The lowest BCUT2D eigenvalue weighted by atomic mass is 9.68. The summed E-state index contributed by atoms with van der Waals surface area (Å²) < 4.78 is 5.74. The summed E-state index contributed by atoms with van der Waals surface area (Å²) in [5.74, 6) is 1.43. The Kier molecular flexibility index (Phi) is 4.16. The predicted molar refractivity (Wildman–Crippen MR) is 98.1 cm³/mol. The average molecular weight is 338 g/mol. The van der Waals surface area contributed by atoms with Crippen LogP contribution in [0, 0.1) is 17.8 Å². The van der Waals surface area contributed by atoms with E-state index in [0.29, 0.717) is 17.8 Å². The van der Waals surface area contributed by atoms with Crippen molar-refractivity contribution in [2.24, 2.45) is 17.8 Å². The molecule has 1 saturated heterocycles. The molecule has 4 rings (SSSR count). The number of likely N-dealkylation sites (tertiary alicyclic amines) is 1. The van der Waals surface area contributed by atoms with Gasteiger partial charge in [0.1, 0.15) is 0 Å². The molecule has 3 aliphatic rings. The largest absolute Gasteiger partial charge is 0.381 e. The normalized spacial score (nSPS) is 33.0. The van der Waals surface area contributed by atoms with Crippen LogP contribution < -0.4 is 0 Å². The second-order valence-electron chi connectivity index (χ2n) is 7.57. The van der Waals surface area contributed by atoms with Gasteiger partial charge in [0.25, 0.3) is 5.91 Å². The van der Waals surface area contributed by atoms with Crippen molar-refractivity contribution in [3.05, 3.63) is 59.8 Å². The Morgan fingerprint density at radius 2 is 1.96 bits per heavy atom. The molecule has 2 aliphatic carbocycles. The molecule has 0 radical (unpaired) electrons. The summed E-state index contributed by atoms with van der Waals surface area (Å²) in [6, 6.07) is 9.82. The van der Waals surface area contributed by atoms with E-state index in [1.807, 2.05) is 30.3 Å². The number of nitrogens with zero attached hydrogens (tertiary/aromatic N) is 2. The fourth-order valence-electron chi connectivity index (χ4n) is 4.83. The van der Waals surface area contributed by atoms with Gasteiger partial charge >= 0.3 is 0 Å². The van der Waals surface area contributed by atoms with Crippen molar-refractivity contribution in [2.75, 3.05) is 27.7 Å². The first-order chi connectivity index (χ1) is 12.1. The van der Waals surface area contributed by atoms with E-state index in [4.69, 9.17) is 4.74 Å². The highest BCUT2D eigenvalue weighted by Gasteiger charge is 2.51. The van der Waals surface area contributed by atoms with E-state index in [2.05, 4.69) is 42.1 Å². The molecule has 5 atom stereocenters. The number of hydrogen-bond acceptors (Lipinski definition) is 3. The van der Waals surface area contributed by atoms with Crippen molar-refractivity contribution >= 4 is 5.91 Å². The molecule has 1 aromatic carbocycles. The predicted octanol–water partition coefficient (Wildman–Crippen LogP) is 2.79. The Hall–Kier alpha value is -2.07. The van der Waals surface area contributed by atoms with Gasteiger partial charge in [0.2, 0.25) is 0 Å². The van der Waals surface area contributed by atoms with Crippen LogP contribution in [0.25, 0.3) is 0 Å². The van der Waals surface area contributed by atoms with Crippen LogP contribution in [0.2, 0.25) is 0 Å². The van der Waals surface area contributed by atoms with Crippen LogP contribution in [0.15, 0.2) is 54.3 Å². The number of benzene rings is 1. The average Bonchev–Trinajstić information content (AvgIpc) is 3.02. The molecule has 0 spiro atoms. The number of allylic oxidation sites excluding steroid dienone is 1. The summed E-state index contributed by atoms with van der Waals surface area (Å²) in [5, 5.41) is 0. The maximum absolute atomic E-state index is 13.1. The minimum atomic E-state index is 0.103. The van der Waals surface area contributed by atoms with Gasteiger partial charge in [-0.3, -0.25) is 4.79 Å². The first kappa shape index (κ1) is 16.4. The molecular formula is C21H26N2O2. The van der Waals surface area contributed by atoms with Crippen molar-refractivity contribution in [3.8, 4) is 0 Å². The number of ether oxygens (including phenoxy) is 1. The van der Waals surface area contributed by atoms with E-state index >= 15 is 0 Å². The molecule has 0 bridgehead atoms. The molecule has 1 fully saturated rings. The number of carbonyl (C=O) groups is 1. The highest BCUT2D eigenvalue weighted by Crippen LogP contribution is 2.48. The topological polar surface area (TPSA) is 32.8 Å². The Labute approximate surface area is 149 Å². The maximum atomic E-state index is 13.1. The molecule has 1 aromatic rings. The van der Waals surface area contributed by atoms with Crippen LogP contribution in [0.5, 0.6) is 0 Å². The second kappa shape index (κ2) is 6.34. The minimum absolute atomic E-state index is 0.103. The summed E-state index contributed by atoms with van der Waals surface area (Å²) in [6.07, 6.45) is 7.86. The van der Waals surface area contributed by atoms with Crippen LogP contribution in [0.4, 0.5) is 0 Å². The summed E-state index contributed by atoms with van der Waals surface area (Å²) in [4.78, 5) is 17.4. The molecule has 5 unspecified atom stereocenters.